The van der Waals surface area contributed by atoms with Crippen LogP contribution >= 0.6 is 0 Å². The maximum absolute atomic E-state index is 12.1. The van der Waals surface area contributed by atoms with Gasteiger partial charge < -0.3 is 9.84 Å². The largest absolute Gasteiger partial charge is 0.480 e. The van der Waals surface area contributed by atoms with Crippen molar-refractivity contribution >= 4 is 11.9 Å². The van der Waals surface area contributed by atoms with Gasteiger partial charge in [-0.1, -0.05) is 34.1 Å². The zero-order chi connectivity index (χ0) is 14.3. The van der Waals surface area contributed by atoms with Gasteiger partial charge in [-0.15, -0.1) is 0 Å². The maximum atomic E-state index is 12.1. The smallest absolute Gasteiger partial charge is 0.323 e. The van der Waals surface area contributed by atoms with Crippen molar-refractivity contribution < 1.29 is 19.4 Å². The lowest BCUT2D eigenvalue weighted by Crippen LogP contribution is -2.43. The highest BCUT2D eigenvalue weighted by atomic mass is 16.5. The SMILES string of the molecule is CCOC(=O)C(CC(C)C)(CC(C)CC)C(=O)O. The van der Waals surface area contributed by atoms with Crippen LogP contribution in [0.25, 0.3) is 0 Å². The third-order valence-electron chi connectivity index (χ3n) is 3.23. The van der Waals surface area contributed by atoms with Crippen LogP contribution in [0.4, 0.5) is 0 Å². The molecule has 0 aromatic heterocycles. The van der Waals surface area contributed by atoms with Crippen LogP contribution in [0.5, 0.6) is 0 Å². The third-order valence-corrected chi connectivity index (χ3v) is 3.23. The molecule has 0 aliphatic rings. The summed E-state index contributed by atoms with van der Waals surface area (Å²) >= 11 is 0. The van der Waals surface area contributed by atoms with Gasteiger partial charge in [-0.05, 0) is 31.6 Å². The topological polar surface area (TPSA) is 63.6 Å². The minimum absolute atomic E-state index is 0.134. The molecule has 0 amide bonds. The molecule has 0 aromatic carbocycles. The maximum Gasteiger partial charge on any atom is 0.323 e. The van der Waals surface area contributed by atoms with Crippen LogP contribution in [0.1, 0.15) is 53.9 Å². The molecule has 0 aliphatic carbocycles. The lowest BCUT2D eigenvalue weighted by atomic mass is 9.73. The van der Waals surface area contributed by atoms with Gasteiger partial charge in [0.1, 0.15) is 0 Å². The molecule has 0 aliphatic heterocycles. The van der Waals surface area contributed by atoms with E-state index in [2.05, 4.69) is 0 Å². The normalized spacial score (nSPS) is 16.1. The molecule has 4 heteroatoms. The standard InChI is InChI=1S/C14H26O4/c1-6-11(5)9-14(12(15)16,8-10(3)4)13(17)18-7-2/h10-11H,6-9H2,1-5H3,(H,15,16). The molecule has 0 rings (SSSR count). The van der Waals surface area contributed by atoms with E-state index in [1.807, 2.05) is 27.7 Å². The van der Waals surface area contributed by atoms with Crippen LogP contribution < -0.4 is 0 Å². The van der Waals surface area contributed by atoms with Gasteiger partial charge in [-0.25, -0.2) is 0 Å². The number of carboxylic acid groups (broad SMARTS) is 1. The lowest BCUT2D eigenvalue weighted by Gasteiger charge is -2.30. The van der Waals surface area contributed by atoms with Gasteiger partial charge in [-0.3, -0.25) is 9.59 Å². The molecule has 0 saturated carbocycles. The Balaban J connectivity index is 5.27. The van der Waals surface area contributed by atoms with E-state index in [9.17, 15) is 14.7 Å². The van der Waals surface area contributed by atoms with E-state index in [-0.39, 0.29) is 18.4 Å². The molecule has 0 aromatic rings. The minimum Gasteiger partial charge on any atom is -0.480 e. The monoisotopic (exact) mass is 258 g/mol. The number of aliphatic carboxylic acids is 1. The first-order valence-corrected chi connectivity index (χ1v) is 6.70. The lowest BCUT2D eigenvalue weighted by molar-refractivity contribution is -0.171. The number of hydrogen-bond donors (Lipinski definition) is 1. The molecule has 2 unspecified atom stereocenters. The second-order valence-corrected chi connectivity index (χ2v) is 5.42. The first-order valence-electron chi connectivity index (χ1n) is 6.70. The molecule has 0 radical (unpaired) electrons. The average molecular weight is 258 g/mol. The van der Waals surface area contributed by atoms with Gasteiger partial charge in [0.25, 0.3) is 0 Å². The van der Waals surface area contributed by atoms with Crippen molar-refractivity contribution in [1.29, 1.82) is 0 Å². The Kier molecular flexibility index (Phi) is 6.96. The van der Waals surface area contributed by atoms with Gasteiger partial charge in [0, 0.05) is 0 Å². The molecular weight excluding hydrogens is 232 g/mol. The molecule has 0 bridgehead atoms. The molecule has 0 fully saturated rings. The summed E-state index contributed by atoms with van der Waals surface area (Å²) in [5.74, 6) is -1.33. The van der Waals surface area contributed by atoms with Crippen molar-refractivity contribution in [2.24, 2.45) is 17.3 Å². The fraction of sp³-hybridized carbons (Fsp3) is 0.857. The Morgan fingerprint density at radius 2 is 1.72 bits per heavy atom. The second-order valence-electron chi connectivity index (χ2n) is 5.42. The first kappa shape index (κ1) is 16.9. The predicted octanol–water partition coefficient (Wildman–Crippen LogP) is 3.10. The fourth-order valence-electron chi connectivity index (χ4n) is 2.22. The van der Waals surface area contributed by atoms with E-state index in [1.165, 1.54) is 0 Å². The number of carbonyl (C=O) groups excluding carboxylic acids is 1. The summed E-state index contributed by atoms with van der Waals surface area (Å²) in [5.41, 5.74) is -1.39. The van der Waals surface area contributed by atoms with Crippen LogP contribution in [0.2, 0.25) is 0 Å². The predicted molar refractivity (Wildman–Crippen MR) is 70.2 cm³/mol. The summed E-state index contributed by atoms with van der Waals surface area (Å²) in [7, 11) is 0. The van der Waals surface area contributed by atoms with Crippen LogP contribution in [0, 0.1) is 17.3 Å². The zero-order valence-corrected chi connectivity index (χ0v) is 12.2. The summed E-state index contributed by atoms with van der Waals surface area (Å²) in [4.78, 5) is 23.7. The van der Waals surface area contributed by atoms with Crippen molar-refractivity contribution in [2.75, 3.05) is 6.61 Å². The minimum atomic E-state index is -1.39. The third kappa shape index (κ3) is 4.31. The molecule has 1 N–H and O–H groups in total. The van der Waals surface area contributed by atoms with Crippen LogP contribution in [0.3, 0.4) is 0 Å². The van der Waals surface area contributed by atoms with E-state index in [0.29, 0.717) is 12.8 Å². The van der Waals surface area contributed by atoms with Crippen molar-refractivity contribution in [3.05, 3.63) is 0 Å². The second kappa shape index (κ2) is 7.39. The molecule has 2 atom stereocenters. The summed E-state index contributed by atoms with van der Waals surface area (Å²) in [6, 6.07) is 0. The highest BCUT2D eigenvalue weighted by Gasteiger charge is 2.48. The van der Waals surface area contributed by atoms with Gasteiger partial charge >= 0.3 is 11.9 Å². The Labute approximate surface area is 110 Å². The molecule has 4 nitrogen and oxygen atoms in total. The van der Waals surface area contributed by atoms with E-state index in [4.69, 9.17) is 4.74 Å². The first-order chi connectivity index (χ1) is 8.30. The number of carbonyl (C=O) groups is 2. The van der Waals surface area contributed by atoms with E-state index in [0.717, 1.165) is 6.42 Å². The quantitative estimate of drug-likeness (QED) is 0.536. The summed E-state index contributed by atoms with van der Waals surface area (Å²) < 4.78 is 5.00. The summed E-state index contributed by atoms with van der Waals surface area (Å²) in [6.07, 6.45) is 1.52. The van der Waals surface area contributed by atoms with Crippen molar-refractivity contribution in [1.82, 2.24) is 0 Å². The number of hydrogen-bond acceptors (Lipinski definition) is 3. The molecule has 0 spiro atoms. The van der Waals surface area contributed by atoms with Gasteiger partial charge in [0.05, 0.1) is 6.61 Å². The molecule has 0 heterocycles. The molecular formula is C14H26O4. The number of carboxylic acids is 1. The van der Waals surface area contributed by atoms with Gasteiger partial charge in [0.2, 0.25) is 0 Å². The van der Waals surface area contributed by atoms with Crippen molar-refractivity contribution in [2.45, 2.75) is 53.9 Å². The Morgan fingerprint density at radius 3 is 2.06 bits per heavy atom. The van der Waals surface area contributed by atoms with Crippen molar-refractivity contribution in [3.8, 4) is 0 Å². The van der Waals surface area contributed by atoms with Crippen molar-refractivity contribution in [3.63, 3.8) is 0 Å². The zero-order valence-electron chi connectivity index (χ0n) is 12.2. The Bertz CT molecular complexity index is 286. The average Bonchev–Trinajstić information content (AvgIpc) is 2.27. The Hall–Kier alpha value is -1.06. The van der Waals surface area contributed by atoms with Crippen LogP contribution in [0.15, 0.2) is 0 Å². The number of esters is 1. The molecule has 106 valence electrons. The summed E-state index contributed by atoms with van der Waals surface area (Å²) in [6.45, 7) is 9.73. The summed E-state index contributed by atoms with van der Waals surface area (Å²) in [5, 5.41) is 9.51. The highest BCUT2D eigenvalue weighted by molar-refractivity contribution is 5.99. The highest BCUT2D eigenvalue weighted by Crippen LogP contribution is 2.36. The molecule has 0 saturated heterocycles. The Morgan fingerprint density at radius 1 is 1.17 bits per heavy atom. The van der Waals surface area contributed by atoms with Crippen LogP contribution in [-0.4, -0.2) is 23.7 Å². The van der Waals surface area contributed by atoms with Crippen LogP contribution in [-0.2, 0) is 14.3 Å². The van der Waals surface area contributed by atoms with Gasteiger partial charge in [0.15, 0.2) is 5.41 Å². The van der Waals surface area contributed by atoms with E-state index >= 15 is 0 Å². The number of ether oxygens (including phenoxy) is 1. The fourth-order valence-corrected chi connectivity index (χ4v) is 2.22. The number of rotatable bonds is 8. The van der Waals surface area contributed by atoms with E-state index in [1.54, 1.807) is 6.92 Å². The van der Waals surface area contributed by atoms with Gasteiger partial charge in [-0.2, -0.15) is 0 Å². The molecule has 18 heavy (non-hydrogen) atoms. The van der Waals surface area contributed by atoms with E-state index < -0.39 is 17.4 Å².